The van der Waals surface area contributed by atoms with Crippen LogP contribution in [0.15, 0.2) is 36.9 Å². The van der Waals surface area contributed by atoms with Gasteiger partial charge in [0.05, 0.1) is 11.0 Å². The minimum Gasteiger partial charge on any atom is -0.390 e. The van der Waals surface area contributed by atoms with Crippen molar-refractivity contribution in [3.8, 4) is 0 Å². The summed E-state index contributed by atoms with van der Waals surface area (Å²) in [5, 5.41) is 10.6. The third-order valence-corrected chi connectivity index (χ3v) is 6.05. The van der Waals surface area contributed by atoms with Gasteiger partial charge < -0.3 is 10.0 Å². The maximum absolute atomic E-state index is 13.1. The average molecular weight is 327 g/mol. The first-order valence-electron chi connectivity index (χ1n) is 9.14. The molecule has 1 aromatic carbocycles. The molecule has 1 aliphatic carbocycles. The van der Waals surface area contributed by atoms with Gasteiger partial charge in [0, 0.05) is 12.2 Å². The van der Waals surface area contributed by atoms with Gasteiger partial charge in [-0.05, 0) is 62.1 Å². The van der Waals surface area contributed by atoms with Crippen LogP contribution < -0.4 is 4.90 Å². The number of carbonyl (C=O) groups excluding carboxylic acids is 1. The number of anilines is 1. The fraction of sp³-hybridized carbons (Fsp3) is 0.571. The first-order chi connectivity index (χ1) is 11.4. The van der Waals surface area contributed by atoms with Gasteiger partial charge in [-0.1, -0.05) is 32.1 Å². The SMILES string of the molecule is C=CC[C@]1(O)CC[C@]2(CCN(c3ccc(C(C)C)cc3)C2=O)CC1. The quantitative estimate of drug-likeness (QED) is 0.832. The lowest BCUT2D eigenvalue weighted by Crippen LogP contribution is -2.43. The van der Waals surface area contributed by atoms with Crippen molar-refractivity contribution in [1.29, 1.82) is 0 Å². The molecule has 1 saturated heterocycles. The van der Waals surface area contributed by atoms with Crippen molar-refractivity contribution >= 4 is 11.6 Å². The molecule has 0 radical (unpaired) electrons. The summed E-state index contributed by atoms with van der Waals surface area (Å²) in [4.78, 5) is 15.0. The number of amides is 1. The number of aliphatic hydroxyl groups is 1. The number of hydrogen-bond donors (Lipinski definition) is 1. The standard InChI is InChI=1S/C21H29NO2/c1-4-9-21(24)12-10-20(11-13-21)14-15-22(19(20)23)18-7-5-17(6-8-18)16(2)3/h4-8,16,24H,1,9-15H2,2-3H3/t20-,21+. The highest BCUT2D eigenvalue weighted by Gasteiger charge is 2.51. The molecule has 3 rings (SSSR count). The largest absolute Gasteiger partial charge is 0.390 e. The number of nitrogens with zero attached hydrogens (tertiary/aromatic N) is 1. The summed E-state index contributed by atoms with van der Waals surface area (Å²) >= 11 is 0. The number of carbonyl (C=O) groups is 1. The van der Waals surface area contributed by atoms with Crippen molar-refractivity contribution in [2.75, 3.05) is 11.4 Å². The Morgan fingerprint density at radius 2 is 1.79 bits per heavy atom. The third kappa shape index (κ3) is 3.02. The Hall–Kier alpha value is -1.61. The maximum atomic E-state index is 13.1. The fourth-order valence-electron chi connectivity index (χ4n) is 4.24. The van der Waals surface area contributed by atoms with E-state index in [0.717, 1.165) is 31.5 Å². The maximum Gasteiger partial charge on any atom is 0.233 e. The van der Waals surface area contributed by atoms with E-state index in [0.29, 0.717) is 25.2 Å². The molecular formula is C21H29NO2. The first kappa shape index (κ1) is 17.2. The minimum atomic E-state index is -0.653. The normalized spacial score (nSPS) is 30.3. The van der Waals surface area contributed by atoms with E-state index in [-0.39, 0.29) is 11.3 Å². The van der Waals surface area contributed by atoms with Crippen LogP contribution in [0.3, 0.4) is 0 Å². The molecule has 130 valence electrons. The lowest BCUT2D eigenvalue weighted by molar-refractivity contribution is -0.130. The highest BCUT2D eigenvalue weighted by Crippen LogP contribution is 2.49. The monoisotopic (exact) mass is 327 g/mol. The zero-order valence-corrected chi connectivity index (χ0v) is 14.9. The summed E-state index contributed by atoms with van der Waals surface area (Å²) in [6, 6.07) is 8.40. The highest BCUT2D eigenvalue weighted by atomic mass is 16.3. The van der Waals surface area contributed by atoms with Crippen LogP contribution in [0.25, 0.3) is 0 Å². The van der Waals surface area contributed by atoms with E-state index in [9.17, 15) is 9.90 Å². The van der Waals surface area contributed by atoms with Crippen LogP contribution in [-0.4, -0.2) is 23.2 Å². The van der Waals surface area contributed by atoms with Gasteiger partial charge in [-0.25, -0.2) is 0 Å². The molecule has 2 fully saturated rings. The summed E-state index contributed by atoms with van der Waals surface area (Å²) in [6.07, 6.45) is 6.29. The number of rotatable bonds is 4. The van der Waals surface area contributed by atoms with Crippen molar-refractivity contribution < 1.29 is 9.90 Å². The van der Waals surface area contributed by atoms with Gasteiger partial charge in [0.1, 0.15) is 0 Å². The molecule has 1 amide bonds. The molecule has 1 aliphatic heterocycles. The first-order valence-corrected chi connectivity index (χ1v) is 9.14. The molecule has 0 atom stereocenters. The molecule has 0 bridgehead atoms. The van der Waals surface area contributed by atoms with Crippen molar-refractivity contribution in [3.63, 3.8) is 0 Å². The topological polar surface area (TPSA) is 40.5 Å². The van der Waals surface area contributed by atoms with Crippen LogP contribution in [0.4, 0.5) is 5.69 Å². The lowest BCUT2D eigenvalue weighted by Gasteiger charge is -2.40. The van der Waals surface area contributed by atoms with Crippen LogP contribution in [0, 0.1) is 5.41 Å². The van der Waals surface area contributed by atoms with Crippen LogP contribution in [0.5, 0.6) is 0 Å². The zero-order valence-electron chi connectivity index (χ0n) is 14.9. The van der Waals surface area contributed by atoms with Gasteiger partial charge in [-0.15, -0.1) is 6.58 Å². The Balaban J connectivity index is 1.72. The molecule has 1 aromatic rings. The minimum absolute atomic E-state index is 0.250. The summed E-state index contributed by atoms with van der Waals surface area (Å²) in [7, 11) is 0. The van der Waals surface area contributed by atoms with E-state index in [2.05, 4.69) is 44.7 Å². The molecule has 1 saturated carbocycles. The van der Waals surface area contributed by atoms with Gasteiger partial charge in [-0.2, -0.15) is 0 Å². The highest BCUT2D eigenvalue weighted by molar-refractivity contribution is 6.00. The molecule has 1 N–H and O–H groups in total. The zero-order chi connectivity index (χ0) is 17.4. The predicted octanol–water partition coefficient (Wildman–Crippen LogP) is 4.41. The molecule has 3 nitrogen and oxygen atoms in total. The molecule has 1 heterocycles. The summed E-state index contributed by atoms with van der Waals surface area (Å²) in [5.41, 5.74) is 1.39. The van der Waals surface area contributed by atoms with Gasteiger partial charge in [0.15, 0.2) is 0 Å². The second kappa shape index (κ2) is 6.36. The molecule has 2 aliphatic rings. The van der Waals surface area contributed by atoms with E-state index >= 15 is 0 Å². The van der Waals surface area contributed by atoms with Crippen LogP contribution >= 0.6 is 0 Å². The van der Waals surface area contributed by atoms with Crippen molar-refractivity contribution in [1.82, 2.24) is 0 Å². The van der Waals surface area contributed by atoms with Crippen molar-refractivity contribution in [3.05, 3.63) is 42.5 Å². The Bertz CT molecular complexity index is 609. The van der Waals surface area contributed by atoms with E-state index in [1.807, 2.05) is 4.90 Å². The van der Waals surface area contributed by atoms with Crippen LogP contribution in [0.1, 0.15) is 63.9 Å². The second-order valence-corrected chi connectivity index (χ2v) is 7.95. The molecule has 24 heavy (non-hydrogen) atoms. The van der Waals surface area contributed by atoms with E-state index in [1.54, 1.807) is 6.08 Å². The van der Waals surface area contributed by atoms with E-state index in [1.165, 1.54) is 5.56 Å². The number of hydrogen-bond acceptors (Lipinski definition) is 2. The molecule has 0 unspecified atom stereocenters. The van der Waals surface area contributed by atoms with Crippen LogP contribution in [-0.2, 0) is 4.79 Å². The van der Waals surface area contributed by atoms with Crippen molar-refractivity contribution in [2.24, 2.45) is 5.41 Å². The van der Waals surface area contributed by atoms with Gasteiger partial charge >= 0.3 is 0 Å². The Kier molecular flexibility index (Phi) is 4.56. The van der Waals surface area contributed by atoms with E-state index < -0.39 is 5.60 Å². The molecule has 0 aromatic heterocycles. The van der Waals surface area contributed by atoms with Gasteiger partial charge in [0.2, 0.25) is 5.91 Å². The average Bonchev–Trinajstić information content (AvgIpc) is 2.88. The van der Waals surface area contributed by atoms with Gasteiger partial charge in [-0.3, -0.25) is 4.79 Å². The smallest absolute Gasteiger partial charge is 0.233 e. The number of benzene rings is 1. The summed E-state index contributed by atoms with van der Waals surface area (Å²) in [5.74, 6) is 0.751. The third-order valence-electron chi connectivity index (χ3n) is 6.05. The molecule has 3 heteroatoms. The lowest BCUT2D eigenvalue weighted by atomic mass is 9.67. The Labute approximate surface area is 145 Å². The fourth-order valence-corrected chi connectivity index (χ4v) is 4.24. The van der Waals surface area contributed by atoms with Crippen molar-refractivity contribution in [2.45, 2.75) is 63.9 Å². The van der Waals surface area contributed by atoms with Crippen LogP contribution in [0.2, 0.25) is 0 Å². The molecular weight excluding hydrogens is 298 g/mol. The molecule has 1 spiro atoms. The second-order valence-electron chi connectivity index (χ2n) is 7.95. The van der Waals surface area contributed by atoms with Gasteiger partial charge in [0.25, 0.3) is 0 Å². The van der Waals surface area contributed by atoms with E-state index in [4.69, 9.17) is 0 Å². The summed E-state index contributed by atoms with van der Waals surface area (Å²) < 4.78 is 0. The Morgan fingerprint density at radius 3 is 2.33 bits per heavy atom. The summed E-state index contributed by atoms with van der Waals surface area (Å²) in [6.45, 7) is 8.89. The predicted molar refractivity (Wildman–Crippen MR) is 98.2 cm³/mol. The Morgan fingerprint density at radius 1 is 1.17 bits per heavy atom.